The third kappa shape index (κ3) is 2.26. The molecule has 0 radical (unpaired) electrons. The molecule has 2 aromatic rings. The molecular formula is C17H14N2O3. The number of anilines is 2. The highest BCUT2D eigenvalue weighted by Gasteiger charge is 2.46. The number of benzene rings is 2. The summed E-state index contributed by atoms with van der Waals surface area (Å²) in [5, 5.41) is 2.68. The van der Waals surface area contributed by atoms with Crippen LogP contribution >= 0.6 is 0 Å². The fourth-order valence-corrected chi connectivity index (χ4v) is 2.52. The van der Waals surface area contributed by atoms with Crippen LogP contribution in [0.4, 0.5) is 11.4 Å². The van der Waals surface area contributed by atoms with Crippen LogP contribution in [0.2, 0.25) is 0 Å². The van der Waals surface area contributed by atoms with Gasteiger partial charge < -0.3 is 4.79 Å². The molecule has 0 bridgehead atoms. The minimum Gasteiger partial charge on any atom is -0.303 e. The van der Waals surface area contributed by atoms with Gasteiger partial charge in [-0.2, -0.15) is 0 Å². The van der Waals surface area contributed by atoms with Crippen molar-refractivity contribution in [1.29, 1.82) is 0 Å². The number of rotatable bonds is 4. The van der Waals surface area contributed by atoms with Crippen LogP contribution in [-0.4, -0.2) is 18.1 Å². The van der Waals surface area contributed by atoms with E-state index >= 15 is 0 Å². The van der Waals surface area contributed by atoms with Gasteiger partial charge in [0, 0.05) is 6.42 Å². The number of amides is 2. The second-order valence-corrected chi connectivity index (χ2v) is 4.93. The van der Waals surface area contributed by atoms with Crippen LogP contribution in [0.5, 0.6) is 0 Å². The molecule has 0 unspecified atom stereocenters. The molecule has 1 aliphatic heterocycles. The second-order valence-electron chi connectivity index (χ2n) is 4.93. The summed E-state index contributed by atoms with van der Waals surface area (Å²) >= 11 is 0. The van der Waals surface area contributed by atoms with E-state index in [1.165, 1.54) is 10.0 Å². The third-order valence-electron chi connectivity index (χ3n) is 3.55. The first kappa shape index (κ1) is 14.0. The molecule has 1 aliphatic rings. The van der Waals surface area contributed by atoms with Gasteiger partial charge in [-0.05, 0) is 24.3 Å². The highest BCUT2D eigenvalue weighted by Crippen LogP contribution is 2.32. The first-order valence-electron chi connectivity index (χ1n) is 6.95. The van der Waals surface area contributed by atoms with Gasteiger partial charge in [-0.15, -0.1) is 0 Å². The molecule has 0 aliphatic carbocycles. The summed E-state index contributed by atoms with van der Waals surface area (Å²) in [6.45, 7) is 0. The lowest BCUT2D eigenvalue weighted by Gasteiger charge is -2.27. The summed E-state index contributed by atoms with van der Waals surface area (Å²) in [6.07, 6.45) is 0.502. The Balaban J connectivity index is 2.09. The lowest BCUT2D eigenvalue weighted by molar-refractivity contribution is -0.129. The molecule has 0 spiro atoms. The zero-order valence-corrected chi connectivity index (χ0v) is 11.8. The zero-order chi connectivity index (χ0) is 15.5. The highest BCUT2D eigenvalue weighted by atomic mass is 16.2. The number of carbonyl (C=O) groups excluding carboxylic acids is 3. The Morgan fingerprint density at radius 2 is 1.18 bits per heavy atom. The van der Waals surface area contributed by atoms with Crippen molar-refractivity contribution in [2.24, 2.45) is 5.92 Å². The van der Waals surface area contributed by atoms with Crippen molar-refractivity contribution in [3.63, 3.8) is 0 Å². The van der Waals surface area contributed by atoms with Crippen LogP contribution in [0.15, 0.2) is 60.7 Å². The van der Waals surface area contributed by atoms with Gasteiger partial charge in [0.15, 0.2) is 0 Å². The lowest BCUT2D eigenvalue weighted by atomic mass is 10.1. The summed E-state index contributed by atoms with van der Waals surface area (Å²) in [5.41, 5.74) is 1.19. The van der Waals surface area contributed by atoms with Crippen LogP contribution in [0.25, 0.3) is 0 Å². The average Bonchev–Trinajstić information content (AvgIpc) is 2.81. The molecule has 1 saturated heterocycles. The Kier molecular flexibility index (Phi) is 3.70. The summed E-state index contributed by atoms with van der Waals surface area (Å²) in [6, 6.07) is 17.9. The van der Waals surface area contributed by atoms with E-state index in [0.717, 1.165) is 0 Å². The Morgan fingerprint density at radius 3 is 1.55 bits per heavy atom. The van der Waals surface area contributed by atoms with Gasteiger partial charge in [0.2, 0.25) is 0 Å². The molecule has 0 aromatic heterocycles. The van der Waals surface area contributed by atoms with E-state index in [9.17, 15) is 14.4 Å². The molecule has 3 rings (SSSR count). The van der Waals surface area contributed by atoms with Gasteiger partial charge in [-0.3, -0.25) is 9.59 Å². The van der Waals surface area contributed by atoms with Gasteiger partial charge in [0.1, 0.15) is 12.2 Å². The predicted molar refractivity (Wildman–Crippen MR) is 82.0 cm³/mol. The minimum absolute atomic E-state index is 0.107. The number of nitrogens with zero attached hydrogens (tertiary/aromatic N) is 2. The number of hydrogen-bond acceptors (Lipinski definition) is 3. The van der Waals surface area contributed by atoms with Gasteiger partial charge in [0.05, 0.1) is 11.4 Å². The Labute approximate surface area is 127 Å². The SMILES string of the molecule is O=CCC1C(=O)N(c2ccccc2)N(c2ccccc2)C1=O. The Morgan fingerprint density at radius 1 is 0.773 bits per heavy atom. The van der Waals surface area contributed by atoms with Crippen molar-refractivity contribution >= 4 is 29.5 Å². The van der Waals surface area contributed by atoms with E-state index in [1.807, 2.05) is 12.1 Å². The molecule has 5 nitrogen and oxygen atoms in total. The topological polar surface area (TPSA) is 57.7 Å². The number of hydrazine groups is 1. The standard InChI is InChI=1S/C17H14N2O3/c20-12-11-15-16(21)18(13-7-3-1-4-8-13)19(17(15)22)14-9-5-2-6-10-14/h1-10,12,15H,11H2. The normalized spacial score (nSPS) is 15.5. The molecule has 0 atom stereocenters. The van der Waals surface area contributed by atoms with E-state index in [0.29, 0.717) is 17.7 Å². The Bertz CT molecular complexity index is 643. The summed E-state index contributed by atoms with van der Waals surface area (Å²) in [4.78, 5) is 36.0. The number of hydrogen-bond donors (Lipinski definition) is 0. The average molecular weight is 294 g/mol. The fraction of sp³-hybridized carbons (Fsp3) is 0.118. The molecule has 0 N–H and O–H groups in total. The maximum absolute atomic E-state index is 12.6. The molecule has 2 amide bonds. The second kappa shape index (κ2) is 5.81. The van der Waals surface area contributed by atoms with E-state index < -0.39 is 5.92 Å². The fourth-order valence-electron chi connectivity index (χ4n) is 2.52. The third-order valence-corrected chi connectivity index (χ3v) is 3.55. The van der Waals surface area contributed by atoms with E-state index in [1.54, 1.807) is 48.5 Å². The van der Waals surface area contributed by atoms with E-state index in [4.69, 9.17) is 0 Å². The van der Waals surface area contributed by atoms with Crippen LogP contribution in [0.3, 0.4) is 0 Å². The predicted octanol–water partition coefficient (Wildman–Crippen LogP) is 2.19. The number of aldehydes is 1. The number of para-hydroxylation sites is 2. The summed E-state index contributed by atoms with van der Waals surface area (Å²) in [7, 11) is 0. The van der Waals surface area contributed by atoms with Crippen molar-refractivity contribution in [2.75, 3.05) is 10.0 Å². The molecule has 0 saturated carbocycles. The van der Waals surface area contributed by atoms with Crippen LogP contribution < -0.4 is 10.0 Å². The van der Waals surface area contributed by atoms with Crippen LogP contribution in [0.1, 0.15) is 6.42 Å². The van der Waals surface area contributed by atoms with Crippen LogP contribution in [-0.2, 0) is 14.4 Å². The smallest absolute Gasteiger partial charge is 0.259 e. The van der Waals surface area contributed by atoms with Gasteiger partial charge in [-0.1, -0.05) is 36.4 Å². The van der Waals surface area contributed by atoms with E-state index in [2.05, 4.69) is 0 Å². The lowest BCUT2D eigenvalue weighted by Crippen LogP contribution is -2.41. The molecule has 110 valence electrons. The van der Waals surface area contributed by atoms with E-state index in [-0.39, 0.29) is 18.2 Å². The number of carbonyl (C=O) groups is 3. The van der Waals surface area contributed by atoms with Crippen molar-refractivity contribution < 1.29 is 14.4 Å². The largest absolute Gasteiger partial charge is 0.303 e. The van der Waals surface area contributed by atoms with Crippen molar-refractivity contribution in [1.82, 2.24) is 0 Å². The quantitative estimate of drug-likeness (QED) is 0.641. The monoisotopic (exact) mass is 294 g/mol. The van der Waals surface area contributed by atoms with Crippen molar-refractivity contribution in [3.8, 4) is 0 Å². The van der Waals surface area contributed by atoms with Gasteiger partial charge in [0.25, 0.3) is 11.8 Å². The molecule has 5 heteroatoms. The van der Waals surface area contributed by atoms with Crippen molar-refractivity contribution in [3.05, 3.63) is 60.7 Å². The van der Waals surface area contributed by atoms with Gasteiger partial charge in [-0.25, -0.2) is 10.0 Å². The highest BCUT2D eigenvalue weighted by molar-refractivity contribution is 6.23. The molecule has 22 heavy (non-hydrogen) atoms. The first-order valence-corrected chi connectivity index (χ1v) is 6.95. The van der Waals surface area contributed by atoms with Gasteiger partial charge >= 0.3 is 0 Å². The molecule has 2 aromatic carbocycles. The minimum atomic E-state index is -0.960. The zero-order valence-electron chi connectivity index (χ0n) is 11.8. The summed E-state index contributed by atoms with van der Waals surface area (Å²) in [5.74, 6) is -1.72. The molecule has 1 heterocycles. The molecule has 1 fully saturated rings. The first-order chi connectivity index (χ1) is 10.7. The maximum Gasteiger partial charge on any atom is 0.259 e. The summed E-state index contributed by atoms with van der Waals surface area (Å²) < 4.78 is 0. The molecular weight excluding hydrogens is 280 g/mol. The van der Waals surface area contributed by atoms with Crippen molar-refractivity contribution in [2.45, 2.75) is 6.42 Å². The maximum atomic E-state index is 12.6. The Hall–Kier alpha value is -2.95. The van der Waals surface area contributed by atoms with Crippen LogP contribution in [0, 0.1) is 5.92 Å².